The number of nitrogens with one attached hydrogen (secondary N) is 1. The second-order valence-corrected chi connectivity index (χ2v) is 7.15. The summed E-state index contributed by atoms with van der Waals surface area (Å²) < 4.78 is 1.29. The number of nitrogens with zero attached hydrogens (tertiary/aromatic N) is 3. The Bertz CT molecular complexity index is 1020. The molecule has 144 valence electrons. The Balaban J connectivity index is 1.69. The molecule has 0 radical (unpaired) electrons. The van der Waals surface area contributed by atoms with Crippen molar-refractivity contribution < 1.29 is 4.79 Å². The van der Waals surface area contributed by atoms with Crippen molar-refractivity contribution >= 4 is 28.2 Å². The fourth-order valence-corrected chi connectivity index (χ4v) is 3.70. The molecule has 1 aromatic heterocycles. The number of para-hydroxylation sites is 1. The first-order valence-electron chi connectivity index (χ1n) is 9.82. The van der Waals surface area contributed by atoms with Crippen molar-refractivity contribution in [1.29, 1.82) is 0 Å². The lowest BCUT2D eigenvalue weighted by Gasteiger charge is -2.23. The largest absolute Gasteiger partial charge is 0.355 e. The van der Waals surface area contributed by atoms with E-state index in [2.05, 4.69) is 15.3 Å². The van der Waals surface area contributed by atoms with Gasteiger partial charge in [-0.15, -0.1) is 0 Å². The van der Waals surface area contributed by atoms with Crippen molar-refractivity contribution in [3.8, 4) is 0 Å². The molecule has 1 fully saturated rings. The van der Waals surface area contributed by atoms with E-state index in [4.69, 9.17) is 0 Å². The summed E-state index contributed by atoms with van der Waals surface area (Å²) in [5.74, 6) is 0.530. The van der Waals surface area contributed by atoms with Gasteiger partial charge in [-0.1, -0.05) is 49.2 Å². The topological polar surface area (TPSA) is 67.2 Å². The van der Waals surface area contributed by atoms with Gasteiger partial charge < -0.3 is 10.2 Å². The lowest BCUT2D eigenvalue weighted by Crippen LogP contribution is -2.33. The molecule has 1 N–H and O–H groups in total. The van der Waals surface area contributed by atoms with Crippen molar-refractivity contribution in [3.63, 3.8) is 0 Å². The number of carbonyl (C=O) groups excluding carboxylic acids is 1. The van der Waals surface area contributed by atoms with Crippen molar-refractivity contribution in [2.75, 3.05) is 23.3 Å². The number of hydrogen-bond acceptors (Lipinski definition) is 4. The van der Waals surface area contributed by atoms with E-state index in [-0.39, 0.29) is 18.0 Å². The number of anilines is 2. The lowest BCUT2D eigenvalue weighted by atomic mass is 10.1. The van der Waals surface area contributed by atoms with Crippen molar-refractivity contribution in [3.05, 3.63) is 65.0 Å². The minimum Gasteiger partial charge on any atom is -0.355 e. The Hall–Kier alpha value is -3.15. The highest BCUT2D eigenvalue weighted by molar-refractivity contribution is 5.93. The fourth-order valence-electron chi connectivity index (χ4n) is 3.70. The minimum atomic E-state index is -0.266. The first-order valence-corrected chi connectivity index (χ1v) is 9.82. The molecular weight excluding hydrogens is 352 g/mol. The molecular formula is C22H24N4O2. The molecule has 3 aromatic rings. The van der Waals surface area contributed by atoms with Gasteiger partial charge in [0, 0.05) is 24.2 Å². The number of amides is 1. The van der Waals surface area contributed by atoms with Crippen LogP contribution in [-0.4, -0.2) is 28.8 Å². The summed E-state index contributed by atoms with van der Waals surface area (Å²) in [5, 5.41) is 8.90. The molecule has 0 atom stereocenters. The van der Waals surface area contributed by atoms with Gasteiger partial charge >= 0.3 is 0 Å². The van der Waals surface area contributed by atoms with Gasteiger partial charge in [0.2, 0.25) is 5.91 Å². The Kier molecular flexibility index (Phi) is 5.37. The molecule has 1 aliphatic rings. The van der Waals surface area contributed by atoms with E-state index in [1.807, 2.05) is 54.6 Å². The smallest absolute Gasteiger partial charge is 0.275 e. The zero-order valence-corrected chi connectivity index (χ0v) is 15.8. The molecule has 2 aromatic carbocycles. The first kappa shape index (κ1) is 18.2. The zero-order valence-electron chi connectivity index (χ0n) is 15.8. The Labute approximate surface area is 163 Å². The first-order chi connectivity index (χ1) is 13.7. The second kappa shape index (κ2) is 8.25. The minimum absolute atomic E-state index is 0.112. The van der Waals surface area contributed by atoms with Gasteiger partial charge in [0.25, 0.3) is 5.56 Å². The molecule has 0 saturated carbocycles. The predicted molar refractivity (Wildman–Crippen MR) is 112 cm³/mol. The van der Waals surface area contributed by atoms with Crippen LogP contribution in [0.25, 0.3) is 10.8 Å². The van der Waals surface area contributed by atoms with E-state index in [0.29, 0.717) is 11.1 Å². The molecule has 1 aliphatic heterocycles. The van der Waals surface area contributed by atoms with E-state index >= 15 is 0 Å². The van der Waals surface area contributed by atoms with Crippen LogP contribution >= 0.6 is 0 Å². The highest BCUT2D eigenvalue weighted by Gasteiger charge is 2.18. The highest BCUT2D eigenvalue weighted by Crippen LogP contribution is 2.24. The zero-order chi connectivity index (χ0) is 19.3. The van der Waals surface area contributed by atoms with Crippen LogP contribution in [-0.2, 0) is 11.3 Å². The maximum absolute atomic E-state index is 12.9. The molecule has 0 unspecified atom stereocenters. The maximum atomic E-state index is 12.9. The normalized spacial score (nSPS) is 14.6. The van der Waals surface area contributed by atoms with Crippen LogP contribution in [0.3, 0.4) is 0 Å². The molecule has 1 amide bonds. The summed E-state index contributed by atoms with van der Waals surface area (Å²) in [7, 11) is 0. The van der Waals surface area contributed by atoms with Crippen molar-refractivity contribution in [2.24, 2.45) is 0 Å². The van der Waals surface area contributed by atoms with Crippen LogP contribution in [0, 0.1) is 0 Å². The maximum Gasteiger partial charge on any atom is 0.275 e. The number of aromatic nitrogens is 2. The third kappa shape index (κ3) is 3.91. The standard InChI is InChI=1S/C22H24N4O2/c27-20(23-17-10-4-3-5-11-17)16-26-22(28)19-13-7-6-12-18(19)21(24-26)25-14-8-1-2-9-15-25/h3-7,10-13H,1-2,8-9,14-16H2,(H,23,27). The fraction of sp³-hybridized carbons (Fsp3) is 0.318. The average molecular weight is 376 g/mol. The quantitative estimate of drug-likeness (QED) is 0.758. The number of hydrogen-bond donors (Lipinski definition) is 1. The van der Waals surface area contributed by atoms with Gasteiger partial charge in [-0.3, -0.25) is 9.59 Å². The van der Waals surface area contributed by atoms with E-state index in [0.717, 1.165) is 37.1 Å². The Morgan fingerprint density at radius 1 is 0.893 bits per heavy atom. The van der Waals surface area contributed by atoms with Gasteiger partial charge in [0.1, 0.15) is 6.54 Å². The lowest BCUT2D eigenvalue weighted by molar-refractivity contribution is -0.117. The van der Waals surface area contributed by atoms with Crippen LogP contribution in [0.5, 0.6) is 0 Å². The van der Waals surface area contributed by atoms with Crippen LogP contribution in [0.2, 0.25) is 0 Å². The molecule has 6 heteroatoms. The molecule has 0 bridgehead atoms. The SMILES string of the molecule is O=C(Cn1nc(N2CCCCCC2)c2ccccc2c1=O)Nc1ccccc1. The van der Waals surface area contributed by atoms with E-state index < -0.39 is 0 Å². The molecule has 2 heterocycles. The van der Waals surface area contributed by atoms with Gasteiger partial charge in [0.05, 0.1) is 5.39 Å². The molecule has 1 saturated heterocycles. The summed E-state index contributed by atoms with van der Waals surface area (Å²) in [6.07, 6.45) is 4.66. The summed E-state index contributed by atoms with van der Waals surface area (Å²) in [5.41, 5.74) is 0.464. The third-order valence-electron chi connectivity index (χ3n) is 5.10. The van der Waals surface area contributed by atoms with Crippen LogP contribution < -0.4 is 15.8 Å². The van der Waals surface area contributed by atoms with Gasteiger partial charge in [-0.2, -0.15) is 5.10 Å². The van der Waals surface area contributed by atoms with Gasteiger partial charge in [0.15, 0.2) is 5.82 Å². The van der Waals surface area contributed by atoms with Crippen molar-refractivity contribution in [1.82, 2.24) is 9.78 Å². The monoisotopic (exact) mass is 376 g/mol. The number of rotatable bonds is 4. The van der Waals surface area contributed by atoms with Gasteiger partial charge in [-0.05, 0) is 31.0 Å². The molecule has 4 rings (SSSR count). The number of fused-ring (bicyclic) bond motifs is 1. The number of benzene rings is 2. The molecule has 28 heavy (non-hydrogen) atoms. The van der Waals surface area contributed by atoms with Crippen LogP contribution in [0.15, 0.2) is 59.4 Å². The van der Waals surface area contributed by atoms with Crippen LogP contribution in [0.1, 0.15) is 25.7 Å². The second-order valence-electron chi connectivity index (χ2n) is 7.15. The molecule has 0 aliphatic carbocycles. The summed E-state index contributed by atoms with van der Waals surface area (Å²) >= 11 is 0. The summed E-state index contributed by atoms with van der Waals surface area (Å²) in [6.45, 7) is 1.73. The summed E-state index contributed by atoms with van der Waals surface area (Å²) in [6, 6.07) is 16.8. The molecule has 6 nitrogen and oxygen atoms in total. The van der Waals surface area contributed by atoms with E-state index in [1.54, 1.807) is 0 Å². The molecule has 0 spiro atoms. The van der Waals surface area contributed by atoms with E-state index in [9.17, 15) is 9.59 Å². The third-order valence-corrected chi connectivity index (χ3v) is 5.10. The highest BCUT2D eigenvalue weighted by atomic mass is 16.2. The Morgan fingerprint density at radius 2 is 1.54 bits per heavy atom. The van der Waals surface area contributed by atoms with Crippen molar-refractivity contribution in [2.45, 2.75) is 32.2 Å². The van der Waals surface area contributed by atoms with Crippen LogP contribution in [0.4, 0.5) is 11.5 Å². The average Bonchev–Trinajstić information content (AvgIpc) is 3.00. The number of carbonyl (C=O) groups is 1. The predicted octanol–water partition coefficient (Wildman–Crippen LogP) is 3.42. The Morgan fingerprint density at radius 3 is 2.25 bits per heavy atom. The van der Waals surface area contributed by atoms with E-state index in [1.165, 1.54) is 17.5 Å². The summed E-state index contributed by atoms with van der Waals surface area (Å²) in [4.78, 5) is 27.7. The van der Waals surface area contributed by atoms with Gasteiger partial charge in [-0.25, -0.2) is 4.68 Å².